The molecule has 1 aliphatic heterocycles. The average Bonchev–Trinajstić information content (AvgIpc) is 3.39. The van der Waals surface area contributed by atoms with Crippen LogP contribution in [-0.2, 0) is 10.2 Å². The van der Waals surface area contributed by atoms with Gasteiger partial charge in [0.1, 0.15) is 11.5 Å². The molecule has 2 aromatic rings. The van der Waals surface area contributed by atoms with Gasteiger partial charge in [0, 0.05) is 11.0 Å². The number of nitrogens with one attached hydrogen (secondary N) is 1. The molecule has 0 radical (unpaired) electrons. The van der Waals surface area contributed by atoms with Crippen LogP contribution in [0.15, 0.2) is 24.5 Å². The van der Waals surface area contributed by atoms with Crippen LogP contribution in [-0.4, -0.2) is 28.0 Å². The summed E-state index contributed by atoms with van der Waals surface area (Å²) in [4.78, 5) is 20.7. The number of nitrogens with two attached hydrogens (primary N) is 1. The van der Waals surface area contributed by atoms with Gasteiger partial charge in [-0.25, -0.2) is 9.97 Å². The number of carbonyl (C=O) groups is 1. The van der Waals surface area contributed by atoms with Gasteiger partial charge in [0.05, 0.1) is 24.5 Å². The molecular weight excluding hydrogens is 368 g/mol. The number of aromatic nitrogens is 2. The molecule has 1 aromatic carbocycles. The highest BCUT2D eigenvalue weighted by Crippen LogP contribution is 2.59. The Labute approximate surface area is 171 Å². The van der Waals surface area contributed by atoms with E-state index in [9.17, 15) is 4.79 Å². The topological polar surface area (TPSA) is 99.4 Å². The number of rotatable bonds is 4. The van der Waals surface area contributed by atoms with Crippen molar-refractivity contribution in [3.8, 4) is 17.4 Å². The molecule has 154 valence electrons. The van der Waals surface area contributed by atoms with Crippen molar-refractivity contribution in [1.82, 2.24) is 9.97 Å². The minimum absolute atomic E-state index is 0.107. The lowest BCUT2D eigenvalue weighted by molar-refractivity contribution is -0.123. The summed E-state index contributed by atoms with van der Waals surface area (Å²) >= 11 is 0. The largest absolute Gasteiger partial charge is 0.492 e. The van der Waals surface area contributed by atoms with Crippen LogP contribution in [0, 0.1) is 6.92 Å². The zero-order chi connectivity index (χ0) is 20.6. The molecule has 7 nitrogen and oxygen atoms in total. The Kier molecular flexibility index (Phi) is 4.94. The molecule has 2 heterocycles. The Morgan fingerprint density at radius 2 is 1.93 bits per heavy atom. The Morgan fingerprint density at radius 3 is 2.52 bits per heavy atom. The van der Waals surface area contributed by atoms with E-state index in [4.69, 9.17) is 15.2 Å². The Balaban J connectivity index is 0.000000994. The van der Waals surface area contributed by atoms with E-state index in [1.165, 1.54) is 12.4 Å². The highest BCUT2D eigenvalue weighted by atomic mass is 16.5. The van der Waals surface area contributed by atoms with E-state index in [0.717, 1.165) is 48.5 Å². The predicted octanol–water partition coefficient (Wildman–Crippen LogP) is 3.85. The van der Waals surface area contributed by atoms with Crippen molar-refractivity contribution in [2.45, 2.75) is 63.8 Å². The fraction of sp³-hybridized carbons (Fsp3) is 0.500. The number of benzene rings is 1. The van der Waals surface area contributed by atoms with Crippen LogP contribution in [0.25, 0.3) is 0 Å². The summed E-state index contributed by atoms with van der Waals surface area (Å²) in [7, 11) is 0. The maximum atomic E-state index is 12.2. The van der Waals surface area contributed by atoms with Gasteiger partial charge < -0.3 is 20.5 Å². The number of hydrogen-bond donors (Lipinski definition) is 2. The number of fused-ring (bicyclic) bond motifs is 2. The van der Waals surface area contributed by atoms with Crippen molar-refractivity contribution >= 4 is 11.7 Å². The van der Waals surface area contributed by atoms with Gasteiger partial charge in [0.2, 0.25) is 11.8 Å². The third-order valence-corrected chi connectivity index (χ3v) is 5.98. The molecule has 7 heteroatoms. The molecule has 3 N–H and O–H groups in total. The molecule has 0 bridgehead atoms. The summed E-state index contributed by atoms with van der Waals surface area (Å²) in [5.74, 6) is 2.26. The highest BCUT2D eigenvalue weighted by molar-refractivity contribution is 5.97. The van der Waals surface area contributed by atoms with E-state index in [2.05, 4.69) is 15.3 Å². The van der Waals surface area contributed by atoms with Gasteiger partial charge in [-0.3, -0.25) is 4.79 Å². The van der Waals surface area contributed by atoms with Gasteiger partial charge in [-0.1, -0.05) is 19.9 Å². The summed E-state index contributed by atoms with van der Waals surface area (Å²) in [6, 6.07) is 3.96. The third kappa shape index (κ3) is 3.44. The van der Waals surface area contributed by atoms with Crippen LogP contribution < -0.4 is 20.5 Å². The summed E-state index contributed by atoms with van der Waals surface area (Å²) in [6.07, 6.45) is 7.64. The first kappa shape index (κ1) is 19.6. The molecule has 2 aliphatic carbocycles. The highest BCUT2D eigenvalue weighted by Gasteiger charge is 2.53. The van der Waals surface area contributed by atoms with E-state index < -0.39 is 5.54 Å². The maximum absolute atomic E-state index is 12.2. The van der Waals surface area contributed by atoms with E-state index in [1.54, 1.807) is 0 Å². The van der Waals surface area contributed by atoms with Gasteiger partial charge >= 0.3 is 0 Å². The van der Waals surface area contributed by atoms with Crippen LogP contribution in [0.2, 0.25) is 0 Å². The van der Waals surface area contributed by atoms with Gasteiger partial charge in [-0.2, -0.15) is 0 Å². The predicted molar refractivity (Wildman–Crippen MR) is 110 cm³/mol. The molecule has 3 aliphatic rings. The van der Waals surface area contributed by atoms with Crippen LogP contribution in [0.3, 0.4) is 0 Å². The lowest BCUT2D eigenvalue weighted by Gasteiger charge is -2.35. The summed E-state index contributed by atoms with van der Waals surface area (Å²) in [5.41, 5.74) is 7.64. The van der Waals surface area contributed by atoms with Crippen molar-refractivity contribution < 1.29 is 14.3 Å². The molecule has 1 aromatic heterocycles. The fourth-order valence-corrected chi connectivity index (χ4v) is 3.84. The van der Waals surface area contributed by atoms with Gasteiger partial charge in [-0.05, 0) is 50.7 Å². The van der Waals surface area contributed by atoms with E-state index >= 15 is 0 Å². The second kappa shape index (κ2) is 7.30. The second-order valence-corrected chi connectivity index (χ2v) is 7.96. The minimum Gasteiger partial charge on any atom is -0.492 e. The monoisotopic (exact) mass is 396 g/mol. The molecule has 0 atom stereocenters. The lowest BCUT2D eigenvalue weighted by Crippen LogP contribution is -2.56. The van der Waals surface area contributed by atoms with E-state index in [1.807, 2.05) is 32.9 Å². The number of amides is 1. The van der Waals surface area contributed by atoms with Crippen LogP contribution in [0.1, 0.15) is 57.1 Å². The van der Waals surface area contributed by atoms with Crippen LogP contribution in [0.5, 0.6) is 17.4 Å². The Bertz CT molecular complexity index is 918. The zero-order valence-electron chi connectivity index (χ0n) is 17.2. The summed E-state index contributed by atoms with van der Waals surface area (Å²) < 4.78 is 11.9. The van der Waals surface area contributed by atoms with Crippen molar-refractivity contribution in [2.24, 2.45) is 5.73 Å². The number of carbonyl (C=O) groups excluding carboxylic acids is 1. The van der Waals surface area contributed by atoms with Gasteiger partial charge in [-0.15, -0.1) is 0 Å². The SMILES string of the molecule is CC.Cc1ccc(Oc2cnc(NC(=O)C3(N)CCC3)cn2)c2c1OCC21CC1. The third-order valence-electron chi connectivity index (χ3n) is 5.98. The molecule has 0 saturated heterocycles. The molecule has 2 fully saturated rings. The van der Waals surface area contributed by atoms with Crippen molar-refractivity contribution in [2.75, 3.05) is 11.9 Å². The molecule has 1 spiro atoms. The minimum atomic E-state index is -0.766. The number of aryl methyl sites for hydroxylation is 1. The number of nitrogens with zero attached hydrogens (tertiary/aromatic N) is 2. The van der Waals surface area contributed by atoms with Gasteiger partial charge in [0.15, 0.2) is 5.82 Å². The lowest BCUT2D eigenvalue weighted by atomic mass is 9.77. The first-order chi connectivity index (χ1) is 14.0. The van der Waals surface area contributed by atoms with Crippen molar-refractivity contribution in [3.63, 3.8) is 0 Å². The molecular formula is C22H28N4O3. The molecule has 0 unspecified atom stereocenters. The normalized spacial score (nSPS) is 19.2. The standard InChI is InChI=1S/C20H22N4O3.C2H6/c1-12-3-4-13(16-17(12)26-11-19(16)7-8-19)27-15-10-22-14(9-23-15)24-18(25)20(21)5-2-6-20;1-2/h3-4,9-10H,2,5-8,11,21H2,1H3,(H,22,24,25);1-2H3. The van der Waals surface area contributed by atoms with Crippen LogP contribution in [0.4, 0.5) is 5.82 Å². The Hall–Kier alpha value is -2.67. The first-order valence-electron chi connectivity index (χ1n) is 10.4. The van der Waals surface area contributed by atoms with Crippen molar-refractivity contribution in [3.05, 3.63) is 35.7 Å². The summed E-state index contributed by atoms with van der Waals surface area (Å²) in [5, 5.41) is 2.73. The Morgan fingerprint density at radius 1 is 1.17 bits per heavy atom. The number of hydrogen-bond acceptors (Lipinski definition) is 6. The first-order valence-corrected chi connectivity index (χ1v) is 10.4. The van der Waals surface area contributed by atoms with E-state index in [-0.39, 0.29) is 11.3 Å². The zero-order valence-corrected chi connectivity index (χ0v) is 17.2. The van der Waals surface area contributed by atoms with Gasteiger partial charge in [0.25, 0.3) is 0 Å². The number of ether oxygens (including phenoxy) is 2. The molecule has 1 amide bonds. The second-order valence-electron chi connectivity index (χ2n) is 7.96. The fourth-order valence-electron chi connectivity index (χ4n) is 3.84. The molecule has 5 rings (SSSR count). The van der Waals surface area contributed by atoms with Crippen LogP contribution >= 0.6 is 0 Å². The van der Waals surface area contributed by atoms with Crippen molar-refractivity contribution in [1.29, 1.82) is 0 Å². The smallest absolute Gasteiger partial charge is 0.245 e. The summed E-state index contributed by atoms with van der Waals surface area (Å²) in [6.45, 7) is 6.77. The number of anilines is 1. The maximum Gasteiger partial charge on any atom is 0.245 e. The molecule has 29 heavy (non-hydrogen) atoms. The van der Waals surface area contributed by atoms with E-state index in [0.29, 0.717) is 24.5 Å². The molecule has 2 saturated carbocycles. The quantitative estimate of drug-likeness (QED) is 0.814. The average molecular weight is 396 g/mol.